The molecule has 0 aliphatic heterocycles. The van der Waals surface area contributed by atoms with Crippen molar-refractivity contribution in [3.8, 4) is 0 Å². The summed E-state index contributed by atoms with van der Waals surface area (Å²) in [6.45, 7) is 2.75. The SMILES string of the molecule is CCN(Cc1ccccc1Cl)C(=O)c1ccc(F)cc1N. The summed E-state index contributed by atoms with van der Waals surface area (Å²) in [6.07, 6.45) is 0. The van der Waals surface area contributed by atoms with Gasteiger partial charge in [-0.2, -0.15) is 0 Å². The van der Waals surface area contributed by atoms with Gasteiger partial charge in [-0.05, 0) is 36.8 Å². The molecule has 2 rings (SSSR count). The van der Waals surface area contributed by atoms with E-state index in [0.29, 0.717) is 23.7 Å². The number of carbonyl (C=O) groups excluding carboxylic acids is 1. The zero-order valence-electron chi connectivity index (χ0n) is 11.6. The van der Waals surface area contributed by atoms with E-state index in [1.54, 1.807) is 11.0 Å². The minimum absolute atomic E-state index is 0.137. The Kier molecular flexibility index (Phi) is 4.81. The molecule has 0 saturated heterocycles. The van der Waals surface area contributed by atoms with Crippen molar-refractivity contribution < 1.29 is 9.18 Å². The largest absolute Gasteiger partial charge is 0.398 e. The summed E-state index contributed by atoms with van der Waals surface area (Å²) in [5.74, 6) is -0.701. The third kappa shape index (κ3) is 3.52. The first kappa shape index (κ1) is 15.3. The summed E-state index contributed by atoms with van der Waals surface area (Å²) in [7, 11) is 0. The number of hydrogen-bond acceptors (Lipinski definition) is 2. The van der Waals surface area contributed by atoms with E-state index in [1.165, 1.54) is 12.1 Å². The third-order valence-corrected chi connectivity index (χ3v) is 3.60. The van der Waals surface area contributed by atoms with Gasteiger partial charge in [-0.3, -0.25) is 4.79 Å². The maximum absolute atomic E-state index is 13.1. The van der Waals surface area contributed by atoms with Crippen LogP contribution in [0.4, 0.5) is 10.1 Å². The summed E-state index contributed by atoms with van der Waals surface area (Å²) in [5, 5.41) is 0.607. The summed E-state index contributed by atoms with van der Waals surface area (Å²) in [6, 6.07) is 11.1. The topological polar surface area (TPSA) is 46.3 Å². The third-order valence-electron chi connectivity index (χ3n) is 3.23. The lowest BCUT2D eigenvalue weighted by Gasteiger charge is -2.22. The molecule has 1 amide bonds. The van der Waals surface area contributed by atoms with Gasteiger partial charge in [-0.25, -0.2) is 4.39 Å². The number of rotatable bonds is 4. The fraction of sp³-hybridized carbons (Fsp3) is 0.188. The molecule has 0 atom stereocenters. The fourth-order valence-corrected chi connectivity index (χ4v) is 2.25. The quantitative estimate of drug-likeness (QED) is 0.875. The monoisotopic (exact) mass is 306 g/mol. The van der Waals surface area contributed by atoms with Crippen LogP contribution in [-0.4, -0.2) is 17.4 Å². The molecule has 2 aromatic rings. The number of nitrogens with zero attached hydrogens (tertiary/aromatic N) is 1. The Hall–Kier alpha value is -2.07. The molecule has 3 nitrogen and oxygen atoms in total. The molecule has 0 aliphatic carbocycles. The molecule has 2 N–H and O–H groups in total. The average molecular weight is 307 g/mol. The second-order valence-electron chi connectivity index (χ2n) is 4.64. The highest BCUT2D eigenvalue weighted by Gasteiger charge is 2.18. The van der Waals surface area contributed by atoms with Crippen LogP contribution in [0.15, 0.2) is 42.5 Å². The molecule has 0 saturated carbocycles. The van der Waals surface area contributed by atoms with Crippen molar-refractivity contribution >= 4 is 23.2 Å². The van der Waals surface area contributed by atoms with Gasteiger partial charge in [0.15, 0.2) is 0 Å². The van der Waals surface area contributed by atoms with Gasteiger partial charge in [0.2, 0.25) is 0 Å². The van der Waals surface area contributed by atoms with Crippen LogP contribution in [0.1, 0.15) is 22.8 Å². The molecule has 0 fully saturated rings. The van der Waals surface area contributed by atoms with Gasteiger partial charge in [-0.1, -0.05) is 29.8 Å². The maximum Gasteiger partial charge on any atom is 0.256 e. The minimum atomic E-state index is -0.460. The zero-order valence-corrected chi connectivity index (χ0v) is 12.4. The molecule has 0 unspecified atom stereocenters. The number of carbonyl (C=O) groups is 1. The van der Waals surface area contributed by atoms with Crippen molar-refractivity contribution in [3.05, 3.63) is 64.4 Å². The van der Waals surface area contributed by atoms with E-state index < -0.39 is 5.82 Å². The number of anilines is 1. The van der Waals surface area contributed by atoms with Crippen LogP contribution in [0, 0.1) is 5.82 Å². The lowest BCUT2D eigenvalue weighted by atomic mass is 10.1. The van der Waals surface area contributed by atoms with Gasteiger partial charge >= 0.3 is 0 Å². The summed E-state index contributed by atoms with van der Waals surface area (Å²) >= 11 is 6.12. The van der Waals surface area contributed by atoms with Crippen LogP contribution < -0.4 is 5.73 Å². The van der Waals surface area contributed by atoms with Crippen LogP contribution in [0.3, 0.4) is 0 Å². The minimum Gasteiger partial charge on any atom is -0.398 e. The number of nitrogens with two attached hydrogens (primary N) is 1. The summed E-state index contributed by atoms with van der Waals surface area (Å²) in [5.41, 5.74) is 7.01. The van der Waals surface area contributed by atoms with Crippen LogP contribution >= 0.6 is 11.6 Å². The number of hydrogen-bond donors (Lipinski definition) is 1. The average Bonchev–Trinajstić information content (AvgIpc) is 2.46. The van der Waals surface area contributed by atoms with Gasteiger partial charge in [-0.15, -0.1) is 0 Å². The van der Waals surface area contributed by atoms with E-state index in [2.05, 4.69) is 0 Å². The second kappa shape index (κ2) is 6.59. The number of halogens is 2. The standard InChI is InChI=1S/C16H16ClFN2O/c1-2-20(10-11-5-3-4-6-14(11)17)16(21)13-8-7-12(18)9-15(13)19/h3-9H,2,10,19H2,1H3. The molecule has 0 radical (unpaired) electrons. The van der Waals surface area contributed by atoms with Gasteiger partial charge < -0.3 is 10.6 Å². The first-order chi connectivity index (χ1) is 10.0. The van der Waals surface area contributed by atoms with Crippen LogP contribution in [0.2, 0.25) is 5.02 Å². The van der Waals surface area contributed by atoms with Crippen molar-refractivity contribution in [2.45, 2.75) is 13.5 Å². The molecule has 110 valence electrons. The molecule has 2 aromatic carbocycles. The Morgan fingerprint density at radius 2 is 2.00 bits per heavy atom. The molecule has 0 aromatic heterocycles. The van der Waals surface area contributed by atoms with Crippen molar-refractivity contribution in [1.82, 2.24) is 4.90 Å². The number of amides is 1. The van der Waals surface area contributed by atoms with Gasteiger partial charge in [0.25, 0.3) is 5.91 Å². The second-order valence-corrected chi connectivity index (χ2v) is 5.05. The predicted octanol–water partition coefficient (Wildman–Crippen LogP) is 3.72. The normalized spacial score (nSPS) is 10.4. The van der Waals surface area contributed by atoms with Crippen molar-refractivity contribution in [1.29, 1.82) is 0 Å². The van der Waals surface area contributed by atoms with Crippen LogP contribution in [0.25, 0.3) is 0 Å². The highest BCUT2D eigenvalue weighted by molar-refractivity contribution is 6.31. The molecule has 5 heteroatoms. The Labute approximate surface area is 128 Å². The Morgan fingerprint density at radius 3 is 2.62 bits per heavy atom. The first-order valence-corrected chi connectivity index (χ1v) is 6.98. The molecule has 0 heterocycles. The highest BCUT2D eigenvalue weighted by Crippen LogP contribution is 2.20. The molecular weight excluding hydrogens is 291 g/mol. The van der Waals surface area contributed by atoms with Crippen LogP contribution in [-0.2, 0) is 6.54 Å². The van der Waals surface area contributed by atoms with E-state index in [0.717, 1.165) is 11.6 Å². The van der Waals surface area contributed by atoms with Crippen molar-refractivity contribution in [3.63, 3.8) is 0 Å². The Bertz CT molecular complexity index is 660. The molecule has 0 bridgehead atoms. The van der Waals surface area contributed by atoms with E-state index >= 15 is 0 Å². The lowest BCUT2D eigenvalue weighted by Crippen LogP contribution is -2.31. The molecule has 0 spiro atoms. The van der Waals surface area contributed by atoms with Gasteiger partial charge in [0.05, 0.1) is 5.56 Å². The summed E-state index contributed by atoms with van der Waals surface area (Å²) < 4.78 is 13.1. The predicted molar refractivity (Wildman–Crippen MR) is 82.7 cm³/mol. The molecule has 0 aliphatic rings. The van der Waals surface area contributed by atoms with Gasteiger partial charge in [0.1, 0.15) is 5.82 Å². The zero-order chi connectivity index (χ0) is 15.4. The lowest BCUT2D eigenvalue weighted by molar-refractivity contribution is 0.0753. The fourth-order valence-electron chi connectivity index (χ4n) is 2.06. The van der Waals surface area contributed by atoms with Crippen molar-refractivity contribution in [2.75, 3.05) is 12.3 Å². The molecular formula is C16H16ClFN2O. The van der Waals surface area contributed by atoms with Crippen molar-refractivity contribution in [2.24, 2.45) is 0 Å². The van der Waals surface area contributed by atoms with E-state index in [4.69, 9.17) is 17.3 Å². The smallest absolute Gasteiger partial charge is 0.256 e. The Balaban J connectivity index is 2.25. The van der Waals surface area contributed by atoms with Crippen LogP contribution in [0.5, 0.6) is 0 Å². The van der Waals surface area contributed by atoms with E-state index in [9.17, 15) is 9.18 Å². The highest BCUT2D eigenvalue weighted by atomic mass is 35.5. The summed E-state index contributed by atoms with van der Waals surface area (Å²) in [4.78, 5) is 14.1. The number of benzene rings is 2. The van der Waals surface area contributed by atoms with E-state index in [-0.39, 0.29) is 11.6 Å². The molecule has 21 heavy (non-hydrogen) atoms. The maximum atomic E-state index is 13.1. The van der Waals surface area contributed by atoms with E-state index in [1.807, 2.05) is 25.1 Å². The number of nitrogen functional groups attached to an aromatic ring is 1. The first-order valence-electron chi connectivity index (χ1n) is 6.60. The Morgan fingerprint density at radius 1 is 1.29 bits per heavy atom. The van der Waals surface area contributed by atoms with Gasteiger partial charge in [0, 0.05) is 23.8 Å².